The maximum absolute atomic E-state index is 10.6. The number of allylic oxidation sites excluding steroid dienone is 1. The van der Waals surface area contributed by atoms with Crippen molar-refractivity contribution in [3.8, 4) is 0 Å². The number of cyclic esters (lactones) is 1. The number of carbonyl (C=O) groups excluding carboxylic acids is 1. The Bertz CT molecular complexity index is 180. The summed E-state index contributed by atoms with van der Waals surface area (Å²) < 4.78 is 4.93. The van der Waals surface area contributed by atoms with Gasteiger partial charge in [-0.15, -0.1) is 0 Å². The van der Waals surface area contributed by atoms with Crippen molar-refractivity contribution in [2.24, 2.45) is 5.92 Å². The quantitative estimate of drug-likeness (QED) is 0.583. The summed E-state index contributed by atoms with van der Waals surface area (Å²) in [5.41, 5.74) is 0. The van der Waals surface area contributed by atoms with E-state index >= 15 is 0 Å². The molecule has 0 saturated heterocycles. The molecule has 1 aliphatic rings. The fourth-order valence-electron chi connectivity index (χ4n) is 1.01. The normalized spacial score (nSPS) is 17.0. The molecule has 0 aromatic rings. The fourth-order valence-corrected chi connectivity index (χ4v) is 1.01. The lowest BCUT2D eigenvalue weighted by atomic mass is 10.1. The van der Waals surface area contributed by atoms with Crippen LogP contribution in [0.5, 0.6) is 0 Å². The first-order chi connectivity index (χ1) is 5.18. The van der Waals surface area contributed by atoms with Crippen molar-refractivity contribution in [3.63, 3.8) is 0 Å². The largest absolute Gasteiger partial charge is 0.431 e. The minimum absolute atomic E-state index is 0.108. The van der Waals surface area contributed by atoms with Gasteiger partial charge in [-0.1, -0.05) is 13.8 Å². The van der Waals surface area contributed by atoms with Crippen molar-refractivity contribution in [2.45, 2.75) is 33.1 Å². The molecule has 0 fully saturated rings. The molecular formula is C9H14O2. The van der Waals surface area contributed by atoms with E-state index < -0.39 is 0 Å². The Labute approximate surface area is 67.2 Å². The summed E-state index contributed by atoms with van der Waals surface area (Å²) in [5, 5.41) is 0. The van der Waals surface area contributed by atoms with Crippen LogP contribution in [0.15, 0.2) is 11.8 Å². The Morgan fingerprint density at radius 2 is 2.36 bits per heavy atom. The molecule has 1 aliphatic heterocycles. The molecule has 0 N–H and O–H groups in total. The lowest BCUT2D eigenvalue weighted by molar-refractivity contribution is -0.136. The zero-order valence-corrected chi connectivity index (χ0v) is 7.09. The minimum Gasteiger partial charge on any atom is -0.431 e. The number of ether oxygens (including phenoxy) is 1. The number of rotatable bonds is 3. The van der Waals surface area contributed by atoms with Crippen LogP contribution in [0.25, 0.3) is 0 Å². The van der Waals surface area contributed by atoms with Crippen molar-refractivity contribution in [2.75, 3.05) is 0 Å². The van der Waals surface area contributed by atoms with E-state index in [1.54, 1.807) is 0 Å². The second kappa shape index (κ2) is 3.56. The van der Waals surface area contributed by atoms with Gasteiger partial charge in [0.1, 0.15) is 5.76 Å². The van der Waals surface area contributed by atoms with Gasteiger partial charge in [0.25, 0.3) is 0 Å². The predicted molar refractivity (Wildman–Crippen MR) is 42.9 cm³/mol. The van der Waals surface area contributed by atoms with E-state index in [1.165, 1.54) is 0 Å². The van der Waals surface area contributed by atoms with Crippen LogP contribution in [0, 0.1) is 5.92 Å². The van der Waals surface area contributed by atoms with Crippen molar-refractivity contribution in [1.29, 1.82) is 0 Å². The molecule has 1 rings (SSSR count). The molecule has 1 heterocycles. The summed E-state index contributed by atoms with van der Waals surface area (Å²) >= 11 is 0. The Morgan fingerprint density at radius 1 is 1.64 bits per heavy atom. The van der Waals surface area contributed by atoms with Gasteiger partial charge >= 0.3 is 5.97 Å². The fraction of sp³-hybridized carbons (Fsp3) is 0.667. The van der Waals surface area contributed by atoms with Crippen LogP contribution in [0.1, 0.15) is 33.1 Å². The SMILES string of the molecule is CC(C)CCC1=CCC(=O)O1. The summed E-state index contributed by atoms with van der Waals surface area (Å²) in [6.45, 7) is 4.33. The summed E-state index contributed by atoms with van der Waals surface area (Å²) in [7, 11) is 0. The third-order valence-corrected chi connectivity index (χ3v) is 1.71. The highest BCUT2D eigenvalue weighted by Gasteiger charge is 2.13. The molecule has 0 amide bonds. The molecule has 62 valence electrons. The number of carbonyl (C=O) groups is 1. The Hall–Kier alpha value is -0.790. The maximum Gasteiger partial charge on any atom is 0.314 e. The standard InChI is InChI=1S/C9H14O2/c1-7(2)3-4-8-5-6-9(10)11-8/h5,7H,3-4,6H2,1-2H3. The van der Waals surface area contributed by atoms with Gasteiger partial charge in [-0.3, -0.25) is 4.79 Å². The molecule has 0 aromatic heterocycles. The first-order valence-electron chi connectivity index (χ1n) is 4.08. The first kappa shape index (κ1) is 8.31. The second-order valence-corrected chi connectivity index (χ2v) is 3.28. The molecule has 2 heteroatoms. The summed E-state index contributed by atoms with van der Waals surface area (Å²) in [5.74, 6) is 1.43. The summed E-state index contributed by atoms with van der Waals surface area (Å²) in [6, 6.07) is 0. The smallest absolute Gasteiger partial charge is 0.314 e. The highest BCUT2D eigenvalue weighted by Crippen LogP contribution is 2.18. The summed E-state index contributed by atoms with van der Waals surface area (Å²) in [4.78, 5) is 10.6. The number of hydrogen-bond acceptors (Lipinski definition) is 2. The van der Waals surface area contributed by atoms with Crippen LogP contribution in [0.3, 0.4) is 0 Å². The molecule has 0 radical (unpaired) electrons. The van der Waals surface area contributed by atoms with Crippen LogP contribution < -0.4 is 0 Å². The zero-order chi connectivity index (χ0) is 8.27. The van der Waals surface area contributed by atoms with E-state index in [2.05, 4.69) is 13.8 Å². The van der Waals surface area contributed by atoms with E-state index in [0.717, 1.165) is 18.6 Å². The Kier molecular flexibility index (Phi) is 2.69. The van der Waals surface area contributed by atoms with Crippen molar-refractivity contribution < 1.29 is 9.53 Å². The van der Waals surface area contributed by atoms with E-state index in [-0.39, 0.29) is 5.97 Å². The van der Waals surface area contributed by atoms with Gasteiger partial charge < -0.3 is 4.74 Å². The third-order valence-electron chi connectivity index (χ3n) is 1.71. The highest BCUT2D eigenvalue weighted by molar-refractivity contribution is 5.75. The van der Waals surface area contributed by atoms with Crippen LogP contribution in [0.4, 0.5) is 0 Å². The van der Waals surface area contributed by atoms with Crippen LogP contribution in [-0.4, -0.2) is 5.97 Å². The molecule has 0 saturated carbocycles. The third kappa shape index (κ3) is 2.74. The van der Waals surface area contributed by atoms with Crippen LogP contribution in [-0.2, 0) is 9.53 Å². The highest BCUT2D eigenvalue weighted by atomic mass is 16.5. The predicted octanol–water partition coefficient (Wildman–Crippen LogP) is 2.25. The first-order valence-corrected chi connectivity index (χ1v) is 4.08. The van der Waals surface area contributed by atoms with Gasteiger partial charge in [-0.2, -0.15) is 0 Å². The molecular weight excluding hydrogens is 140 g/mol. The Balaban J connectivity index is 2.23. The van der Waals surface area contributed by atoms with Crippen LogP contribution in [0.2, 0.25) is 0 Å². The lowest BCUT2D eigenvalue weighted by Crippen LogP contribution is -1.95. The summed E-state index contributed by atoms with van der Waals surface area (Å²) in [6.07, 6.45) is 4.35. The van der Waals surface area contributed by atoms with Gasteiger partial charge in [0.05, 0.1) is 6.42 Å². The van der Waals surface area contributed by atoms with Gasteiger partial charge in [-0.05, 0) is 18.4 Å². The van der Waals surface area contributed by atoms with Crippen molar-refractivity contribution in [1.82, 2.24) is 0 Å². The molecule has 0 bridgehead atoms. The van der Waals surface area contributed by atoms with Crippen molar-refractivity contribution in [3.05, 3.63) is 11.8 Å². The molecule has 2 nitrogen and oxygen atoms in total. The van der Waals surface area contributed by atoms with Gasteiger partial charge in [-0.25, -0.2) is 0 Å². The average molecular weight is 154 g/mol. The molecule has 0 spiro atoms. The number of hydrogen-bond donors (Lipinski definition) is 0. The van der Waals surface area contributed by atoms with E-state index in [1.807, 2.05) is 6.08 Å². The van der Waals surface area contributed by atoms with Gasteiger partial charge in [0, 0.05) is 6.42 Å². The van der Waals surface area contributed by atoms with Crippen LogP contribution >= 0.6 is 0 Å². The molecule has 0 aromatic carbocycles. The zero-order valence-electron chi connectivity index (χ0n) is 7.09. The van der Waals surface area contributed by atoms with Crippen molar-refractivity contribution >= 4 is 5.97 Å². The second-order valence-electron chi connectivity index (χ2n) is 3.28. The Morgan fingerprint density at radius 3 is 2.82 bits per heavy atom. The molecule has 0 atom stereocenters. The monoisotopic (exact) mass is 154 g/mol. The molecule has 0 aliphatic carbocycles. The maximum atomic E-state index is 10.6. The van der Waals surface area contributed by atoms with Gasteiger partial charge in [0.2, 0.25) is 0 Å². The molecule has 11 heavy (non-hydrogen) atoms. The average Bonchev–Trinajstić information content (AvgIpc) is 2.31. The molecule has 0 unspecified atom stereocenters. The lowest BCUT2D eigenvalue weighted by Gasteiger charge is -2.03. The van der Waals surface area contributed by atoms with Gasteiger partial charge in [0.15, 0.2) is 0 Å². The number of esters is 1. The van der Waals surface area contributed by atoms with E-state index in [0.29, 0.717) is 12.3 Å². The van der Waals surface area contributed by atoms with E-state index in [4.69, 9.17) is 4.74 Å². The minimum atomic E-state index is -0.108. The topological polar surface area (TPSA) is 26.3 Å². The van der Waals surface area contributed by atoms with E-state index in [9.17, 15) is 4.79 Å².